The highest BCUT2D eigenvalue weighted by atomic mass is 32.2. The van der Waals surface area contributed by atoms with E-state index in [9.17, 15) is 26.2 Å². The lowest BCUT2D eigenvalue weighted by molar-refractivity contribution is -0.286. The molecule has 0 radical (unpaired) electrons. The number of fused-ring (bicyclic) bond motifs is 2. The van der Waals surface area contributed by atoms with Crippen LogP contribution >= 0.6 is 0 Å². The maximum absolute atomic E-state index is 13.1. The van der Waals surface area contributed by atoms with E-state index in [2.05, 4.69) is 24.4 Å². The summed E-state index contributed by atoms with van der Waals surface area (Å²) in [6, 6.07) is 3.75. The maximum atomic E-state index is 13.1. The van der Waals surface area contributed by atoms with Crippen molar-refractivity contribution >= 4 is 21.8 Å². The van der Waals surface area contributed by atoms with Crippen LogP contribution in [0.25, 0.3) is 11.0 Å². The molecule has 7 nitrogen and oxygen atoms in total. The third-order valence-corrected chi connectivity index (χ3v) is 5.28. The van der Waals surface area contributed by atoms with Gasteiger partial charge in [-0.1, -0.05) is 0 Å². The summed E-state index contributed by atoms with van der Waals surface area (Å²) in [5.74, 6) is -0.575. The van der Waals surface area contributed by atoms with E-state index in [1.54, 1.807) is 0 Å². The number of aromatic amines is 1. The van der Waals surface area contributed by atoms with Crippen molar-refractivity contribution in [1.29, 1.82) is 0 Å². The van der Waals surface area contributed by atoms with Gasteiger partial charge in [0.2, 0.25) is 0 Å². The summed E-state index contributed by atoms with van der Waals surface area (Å²) in [5, 5.41) is 0.0308. The Morgan fingerprint density at radius 2 is 1.93 bits per heavy atom. The fourth-order valence-corrected chi connectivity index (χ4v) is 3.85. The second kappa shape index (κ2) is 7.07. The second-order valence-corrected chi connectivity index (χ2v) is 7.67. The first-order chi connectivity index (χ1) is 14.0. The summed E-state index contributed by atoms with van der Waals surface area (Å²) in [7, 11) is -1.76. The molecule has 1 unspecified atom stereocenters. The Morgan fingerprint density at radius 3 is 2.63 bits per heavy atom. The van der Waals surface area contributed by atoms with Gasteiger partial charge in [-0.15, -0.1) is 8.78 Å². The molecule has 3 heterocycles. The molecule has 1 N–H and O–H groups in total. The number of benzene rings is 1. The van der Waals surface area contributed by atoms with Crippen LogP contribution in [0.4, 0.5) is 22.0 Å². The number of alkyl halides is 5. The molecular formula is C17H12F5N3O4S. The zero-order valence-electron chi connectivity index (χ0n) is 15.0. The number of nitrogens with zero attached hydrogens (tertiary/aromatic N) is 2. The van der Waals surface area contributed by atoms with Gasteiger partial charge in [-0.05, 0) is 13.0 Å². The van der Waals surface area contributed by atoms with Crippen molar-refractivity contribution in [2.24, 2.45) is 0 Å². The SMILES string of the molecule is Cc1c(OCC(F)(F)F)ccnc1CS(=O)c1nc2cc3c(cc2[nH]1)OC(F)(F)O3. The van der Waals surface area contributed by atoms with E-state index < -0.39 is 29.9 Å². The lowest BCUT2D eigenvalue weighted by Gasteiger charge is -2.13. The van der Waals surface area contributed by atoms with Crippen molar-refractivity contribution in [1.82, 2.24) is 15.0 Å². The predicted octanol–water partition coefficient (Wildman–Crippen LogP) is 3.84. The lowest BCUT2D eigenvalue weighted by atomic mass is 10.2. The number of imidazole rings is 1. The third-order valence-electron chi connectivity index (χ3n) is 4.12. The van der Waals surface area contributed by atoms with Crippen LogP contribution in [0.1, 0.15) is 11.3 Å². The van der Waals surface area contributed by atoms with Gasteiger partial charge in [0.25, 0.3) is 0 Å². The highest BCUT2D eigenvalue weighted by Gasteiger charge is 2.43. The number of hydrogen-bond donors (Lipinski definition) is 1. The molecule has 160 valence electrons. The van der Waals surface area contributed by atoms with Gasteiger partial charge in [0.05, 0.1) is 33.3 Å². The monoisotopic (exact) mass is 449 g/mol. The molecule has 0 fully saturated rings. The van der Waals surface area contributed by atoms with Crippen LogP contribution in [0, 0.1) is 6.92 Å². The van der Waals surface area contributed by atoms with Crippen LogP contribution in [0.15, 0.2) is 29.6 Å². The van der Waals surface area contributed by atoms with E-state index in [1.807, 2.05) is 0 Å². The lowest BCUT2D eigenvalue weighted by Crippen LogP contribution is -2.25. The number of H-pyrrole nitrogens is 1. The molecule has 2 aromatic heterocycles. The number of hydrogen-bond acceptors (Lipinski definition) is 6. The summed E-state index contributed by atoms with van der Waals surface area (Å²) in [4.78, 5) is 10.9. The Kier molecular flexibility index (Phi) is 4.79. The molecule has 0 aliphatic carbocycles. The van der Waals surface area contributed by atoms with Gasteiger partial charge < -0.3 is 19.2 Å². The van der Waals surface area contributed by atoms with Crippen molar-refractivity contribution in [3.8, 4) is 17.2 Å². The van der Waals surface area contributed by atoms with E-state index in [1.165, 1.54) is 31.3 Å². The van der Waals surface area contributed by atoms with Crippen molar-refractivity contribution in [2.45, 2.75) is 30.3 Å². The van der Waals surface area contributed by atoms with Gasteiger partial charge in [0.15, 0.2) is 23.3 Å². The molecule has 0 saturated heterocycles. The number of rotatable bonds is 5. The summed E-state index contributed by atoms with van der Waals surface area (Å²) in [6.07, 6.45) is -7.01. The molecule has 0 saturated carbocycles. The zero-order chi connectivity index (χ0) is 21.7. The highest BCUT2D eigenvalue weighted by Crippen LogP contribution is 2.42. The van der Waals surface area contributed by atoms with Gasteiger partial charge in [0.1, 0.15) is 5.75 Å². The minimum atomic E-state index is -4.50. The first-order valence-corrected chi connectivity index (χ1v) is 9.65. The molecule has 1 aliphatic heterocycles. The molecule has 13 heteroatoms. The van der Waals surface area contributed by atoms with E-state index in [0.29, 0.717) is 11.1 Å². The van der Waals surface area contributed by atoms with Gasteiger partial charge >= 0.3 is 12.5 Å². The number of pyridine rings is 1. The molecule has 0 amide bonds. The number of halogens is 5. The van der Waals surface area contributed by atoms with Crippen LogP contribution in [-0.4, -0.2) is 38.2 Å². The van der Waals surface area contributed by atoms with Crippen LogP contribution in [0.2, 0.25) is 0 Å². The van der Waals surface area contributed by atoms with Gasteiger partial charge in [0, 0.05) is 23.9 Å². The van der Waals surface area contributed by atoms with E-state index in [-0.39, 0.29) is 39.4 Å². The van der Waals surface area contributed by atoms with Crippen LogP contribution in [0.3, 0.4) is 0 Å². The first kappa shape index (κ1) is 20.3. The van der Waals surface area contributed by atoms with E-state index in [0.717, 1.165) is 0 Å². The third kappa shape index (κ3) is 4.15. The Bertz CT molecular complexity index is 1100. The minimum Gasteiger partial charge on any atom is -0.484 e. The fraction of sp³-hybridized carbons (Fsp3) is 0.294. The smallest absolute Gasteiger partial charge is 0.484 e. The number of ether oxygens (including phenoxy) is 3. The normalized spacial score (nSPS) is 16.1. The molecule has 0 spiro atoms. The van der Waals surface area contributed by atoms with Crippen molar-refractivity contribution in [2.75, 3.05) is 6.61 Å². The molecular weight excluding hydrogens is 437 g/mol. The number of nitrogens with one attached hydrogen (secondary N) is 1. The van der Waals surface area contributed by atoms with Gasteiger partial charge in [-0.3, -0.25) is 9.19 Å². The Labute approximate surface area is 167 Å². The topological polar surface area (TPSA) is 86.3 Å². The Hall–Kier alpha value is -2.96. The predicted molar refractivity (Wildman–Crippen MR) is 92.9 cm³/mol. The Morgan fingerprint density at radius 1 is 1.23 bits per heavy atom. The maximum Gasteiger partial charge on any atom is 0.586 e. The standard InChI is InChI=1S/C17H12F5N3O4S/c1-8-11(23-3-2-12(8)27-7-16(18,19)20)6-30(26)15-24-9-4-13-14(5-10(9)25-15)29-17(21,22)28-13/h2-5H,6-7H2,1H3,(H,24,25). The largest absolute Gasteiger partial charge is 0.586 e. The van der Waals surface area contributed by atoms with E-state index in [4.69, 9.17) is 4.74 Å². The highest BCUT2D eigenvalue weighted by molar-refractivity contribution is 7.84. The summed E-state index contributed by atoms with van der Waals surface area (Å²) in [5.41, 5.74) is 1.10. The fourth-order valence-electron chi connectivity index (χ4n) is 2.75. The summed E-state index contributed by atoms with van der Waals surface area (Å²) < 4.78 is 89.6. The summed E-state index contributed by atoms with van der Waals surface area (Å²) >= 11 is 0. The molecule has 3 aromatic rings. The van der Waals surface area contributed by atoms with Gasteiger partial charge in [-0.2, -0.15) is 13.2 Å². The first-order valence-electron chi connectivity index (χ1n) is 8.33. The molecule has 1 atom stereocenters. The summed E-state index contributed by atoms with van der Waals surface area (Å²) in [6.45, 7) is 0.0427. The van der Waals surface area contributed by atoms with E-state index >= 15 is 0 Å². The molecule has 1 aliphatic rings. The quantitative estimate of drug-likeness (QED) is 0.596. The van der Waals surface area contributed by atoms with Gasteiger partial charge in [-0.25, -0.2) is 4.98 Å². The zero-order valence-corrected chi connectivity index (χ0v) is 15.9. The van der Waals surface area contributed by atoms with Crippen LogP contribution in [0.5, 0.6) is 17.2 Å². The average Bonchev–Trinajstić information content (AvgIpc) is 3.17. The van der Waals surface area contributed by atoms with Crippen LogP contribution in [-0.2, 0) is 16.6 Å². The molecule has 0 bridgehead atoms. The number of aromatic nitrogens is 3. The molecule has 30 heavy (non-hydrogen) atoms. The molecule has 1 aromatic carbocycles. The molecule has 4 rings (SSSR count). The van der Waals surface area contributed by atoms with Crippen molar-refractivity contribution in [3.05, 3.63) is 35.7 Å². The van der Waals surface area contributed by atoms with Crippen molar-refractivity contribution < 1.29 is 40.4 Å². The van der Waals surface area contributed by atoms with Crippen LogP contribution < -0.4 is 14.2 Å². The minimum absolute atomic E-state index is 0.0226. The second-order valence-electron chi connectivity index (χ2n) is 6.30. The van der Waals surface area contributed by atoms with Crippen molar-refractivity contribution in [3.63, 3.8) is 0 Å². The average molecular weight is 449 g/mol. The Balaban J connectivity index is 1.54.